The van der Waals surface area contributed by atoms with E-state index in [9.17, 15) is 8.78 Å². The van der Waals surface area contributed by atoms with E-state index in [2.05, 4.69) is 10.4 Å². The summed E-state index contributed by atoms with van der Waals surface area (Å²) in [5, 5.41) is 0.336. The van der Waals surface area contributed by atoms with Crippen LogP contribution in [0.15, 0.2) is 36.5 Å². The van der Waals surface area contributed by atoms with Crippen molar-refractivity contribution in [3.05, 3.63) is 64.4 Å². The maximum absolute atomic E-state index is 13.1. The number of hydrogen-bond donors (Lipinski definition) is 2. The molecule has 0 saturated heterocycles. The molecule has 0 fully saturated rings. The molecule has 1 aromatic carbocycles. The summed E-state index contributed by atoms with van der Waals surface area (Å²) in [6.45, 7) is 0. The van der Waals surface area contributed by atoms with Crippen molar-refractivity contribution in [1.29, 1.82) is 0 Å². The van der Waals surface area contributed by atoms with Crippen molar-refractivity contribution in [2.75, 3.05) is 0 Å². The van der Waals surface area contributed by atoms with E-state index < -0.39 is 11.6 Å². The highest BCUT2D eigenvalue weighted by Crippen LogP contribution is 2.20. The average molecular weight is 284 g/mol. The third-order valence-corrected chi connectivity index (χ3v) is 2.92. The largest absolute Gasteiger partial charge is 0.271 e. The second kappa shape index (κ2) is 6.06. The number of aromatic nitrogens is 1. The Balaban J connectivity index is 2.23. The lowest BCUT2D eigenvalue weighted by Crippen LogP contribution is -2.29. The monoisotopic (exact) mass is 283 g/mol. The number of nitrogens with zero attached hydrogens (tertiary/aromatic N) is 1. The molecule has 1 heterocycles. The minimum atomic E-state index is -0.612. The first-order chi connectivity index (χ1) is 9.08. The van der Waals surface area contributed by atoms with E-state index in [1.165, 1.54) is 12.1 Å². The first-order valence-electron chi connectivity index (χ1n) is 5.61. The van der Waals surface area contributed by atoms with Crippen LogP contribution < -0.4 is 11.3 Å². The maximum Gasteiger partial charge on any atom is 0.129 e. The van der Waals surface area contributed by atoms with Gasteiger partial charge in [0, 0.05) is 12.3 Å². The normalized spacial score (nSPS) is 12.4. The summed E-state index contributed by atoms with van der Waals surface area (Å²) in [7, 11) is 0. The molecule has 0 amide bonds. The standard InChI is InChI=1S/C13H12ClF2N3/c14-13-6-9(1-2-18-13)12(19-17)5-8-3-10(15)7-11(16)4-8/h1-4,6-7,12,19H,5,17H2. The molecule has 0 bridgehead atoms. The maximum atomic E-state index is 13.1. The lowest BCUT2D eigenvalue weighted by molar-refractivity contribution is 0.540. The number of nitrogens with two attached hydrogens (primary N) is 1. The van der Waals surface area contributed by atoms with Gasteiger partial charge in [0.25, 0.3) is 0 Å². The highest BCUT2D eigenvalue weighted by molar-refractivity contribution is 6.29. The molecule has 2 aromatic rings. The summed E-state index contributed by atoms with van der Waals surface area (Å²) in [5.41, 5.74) is 3.91. The van der Waals surface area contributed by atoms with Crippen molar-refractivity contribution < 1.29 is 8.78 Å². The summed E-state index contributed by atoms with van der Waals surface area (Å²) in [5.74, 6) is 4.25. The van der Waals surface area contributed by atoms with Crippen molar-refractivity contribution in [1.82, 2.24) is 10.4 Å². The lowest BCUT2D eigenvalue weighted by atomic mass is 10.0. The van der Waals surface area contributed by atoms with Crippen LogP contribution in [0.5, 0.6) is 0 Å². The van der Waals surface area contributed by atoms with Crippen LogP contribution >= 0.6 is 11.6 Å². The van der Waals surface area contributed by atoms with Crippen LogP contribution in [0.3, 0.4) is 0 Å². The van der Waals surface area contributed by atoms with Gasteiger partial charge in [-0.3, -0.25) is 11.3 Å². The smallest absolute Gasteiger partial charge is 0.129 e. The molecular weight excluding hydrogens is 272 g/mol. The van der Waals surface area contributed by atoms with Crippen LogP contribution in [0.1, 0.15) is 17.2 Å². The Labute approximate surface area is 114 Å². The van der Waals surface area contributed by atoms with Gasteiger partial charge in [0.15, 0.2) is 0 Å². The van der Waals surface area contributed by atoms with E-state index in [4.69, 9.17) is 17.4 Å². The van der Waals surface area contributed by atoms with E-state index >= 15 is 0 Å². The molecule has 0 saturated carbocycles. The minimum absolute atomic E-state index is 0.304. The summed E-state index contributed by atoms with van der Waals surface area (Å²) in [6.07, 6.45) is 1.89. The number of hydrogen-bond acceptors (Lipinski definition) is 3. The first-order valence-corrected chi connectivity index (χ1v) is 5.99. The predicted molar refractivity (Wildman–Crippen MR) is 69.4 cm³/mol. The molecule has 3 nitrogen and oxygen atoms in total. The van der Waals surface area contributed by atoms with E-state index in [0.29, 0.717) is 17.1 Å². The zero-order chi connectivity index (χ0) is 13.8. The van der Waals surface area contributed by atoms with Crippen molar-refractivity contribution in [3.63, 3.8) is 0 Å². The Morgan fingerprint density at radius 1 is 1.21 bits per heavy atom. The Hall–Kier alpha value is -1.56. The van der Waals surface area contributed by atoms with Gasteiger partial charge in [-0.05, 0) is 41.8 Å². The number of halogens is 3. The van der Waals surface area contributed by atoms with Gasteiger partial charge in [0.1, 0.15) is 16.8 Å². The molecular formula is C13H12ClF2N3. The SMILES string of the molecule is NNC(Cc1cc(F)cc(F)c1)c1ccnc(Cl)c1. The van der Waals surface area contributed by atoms with Crippen LogP contribution in [-0.4, -0.2) is 4.98 Å². The van der Waals surface area contributed by atoms with E-state index in [-0.39, 0.29) is 6.04 Å². The predicted octanol–water partition coefficient (Wildman–Crippen LogP) is 2.76. The highest BCUT2D eigenvalue weighted by Gasteiger charge is 2.12. The molecule has 0 spiro atoms. The highest BCUT2D eigenvalue weighted by atomic mass is 35.5. The number of rotatable bonds is 4. The van der Waals surface area contributed by atoms with Crippen molar-refractivity contribution in [3.8, 4) is 0 Å². The molecule has 3 N–H and O–H groups in total. The number of pyridine rings is 1. The summed E-state index contributed by atoms with van der Waals surface area (Å²) in [4.78, 5) is 3.87. The van der Waals surface area contributed by atoms with Crippen LogP contribution in [0.2, 0.25) is 5.15 Å². The number of nitrogens with one attached hydrogen (secondary N) is 1. The number of hydrazine groups is 1. The third-order valence-electron chi connectivity index (χ3n) is 2.72. The van der Waals surface area contributed by atoms with Gasteiger partial charge in [-0.2, -0.15) is 0 Å². The zero-order valence-electron chi connectivity index (χ0n) is 9.91. The van der Waals surface area contributed by atoms with Crippen LogP contribution in [0, 0.1) is 11.6 Å². The molecule has 1 aromatic heterocycles. The molecule has 0 aliphatic heterocycles. The lowest BCUT2D eigenvalue weighted by Gasteiger charge is -2.16. The van der Waals surface area contributed by atoms with E-state index in [1.54, 1.807) is 18.3 Å². The molecule has 0 radical (unpaired) electrons. The summed E-state index contributed by atoms with van der Waals surface area (Å²) < 4.78 is 26.3. The van der Waals surface area contributed by atoms with Gasteiger partial charge in [-0.1, -0.05) is 11.6 Å². The van der Waals surface area contributed by atoms with Gasteiger partial charge in [-0.15, -0.1) is 0 Å². The topological polar surface area (TPSA) is 50.9 Å². The molecule has 100 valence electrons. The second-order valence-corrected chi connectivity index (χ2v) is 4.50. The Kier molecular flexibility index (Phi) is 4.42. The Morgan fingerprint density at radius 3 is 2.47 bits per heavy atom. The van der Waals surface area contributed by atoms with Crippen LogP contribution in [0.25, 0.3) is 0 Å². The van der Waals surface area contributed by atoms with Crippen LogP contribution in [0.4, 0.5) is 8.78 Å². The molecule has 1 unspecified atom stereocenters. The van der Waals surface area contributed by atoms with Gasteiger partial charge < -0.3 is 0 Å². The zero-order valence-corrected chi connectivity index (χ0v) is 10.7. The van der Waals surface area contributed by atoms with Crippen molar-refractivity contribution in [2.45, 2.75) is 12.5 Å². The van der Waals surface area contributed by atoms with E-state index in [1.807, 2.05) is 0 Å². The van der Waals surface area contributed by atoms with Gasteiger partial charge in [0.2, 0.25) is 0 Å². The van der Waals surface area contributed by atoms with E-state index in [0.717, 1.165) is 11.6 Å². The molecule has 1 atom stereocenters. The quantitative estimate of drug-likeness (QED) is 0.515. The van der Waals surface area contributed by atoms with Gasteiger partial charge in [-0.25, -0.2) is 13.8 Å². The minimum Gasteiger partial charge on any atom is -0.271 e. The fourth-order valence-electron chi connectivity index (χ4n) is 1.87. The van der Waals surface area contributed by atoms with Crippen molar-refractivity contribution >= 4 is 11.6 Å². The first kappa shape index (κ1) is 13.9. The third kappa shape index (κ3) is 3.70. The summed E-state index contributed by atoms with van der Waals surface area (Å²) in [6, 6.07) is 6.47. The second-order valence-electron chi connectivity index (χ2n) is 4.11. The molecule has 19 heavy (non-hydrogen) atoms. The molecule has 0 aliphatic carbocycles. The molecule has 6 heteroatoms. The van der Waals surface area contributed by atoms with Gasteiger partial charge in [0.05, 0.1) is 6.04 Å². The fraction of sp³-hybridized carbons (Fsp3) is 0.154. The summed E-state index contributed by atoms with van der Waals surface area (Å²) >= 11 is 5.80. The average Bonchev–Trinajstić information content (AvgIpc) is 2.34. The number of benzene rings is 1. The van der Waals surface area contributed by atoms with Crippen molar-refractivity contribution in [2.24, 2.45) is 5.84 Å². The fourth-order valence-corrected chi connectivity index (χ4v) is 2.05. The molecule has 2 rings (SSSR count). The Bertz CT molecular complexity index is 557. The van der Waals surface area contributed by atoms with Gasteiger partial charge >= 0.3 is 0 Å². The molecule has 0 aliphatic rings. The Morgan fingerprint density at radius 2 is 1.89 bits per heavy atom. The van der Waals surface area contributed by atoms with Crippen LogP contribution in [-0.2, 0) is 6.42 Å².